The number of alkyl halides is 2. The maximum Gasteiger partial charge on any atom is 0.432 e. The van der Waals surface area contributed by atoms with E-state index in [4.69, 9.17) is 0 Å². The third-order valence-electron chi connectivity index (χ3n) is 9.35. The van der Waals surface area contributed by atoms with Gasteiger partial charge in [-0.1, -0.05) is 82.3 Å². The first-order valence-corrected chi connectivity index (χ1v) is 18.1. The van der Waals surface area contributed by atoms with Gasteiger partial charge in [0.05, 0.1) is 4.90 Å². The van der Waals surface area contributed by atoms with Crippen molar-refractivity contribution in [2.24, 2.45) is 5.92 Å². The summed E-state index contributed by atoms with van der Waals surface area (Å²) in [6.07, 6.45) is 6.79. The summed E-state index contributed by atoms with van der Waals surface area (Å²) in [5.74, 6) is -5.68. The summed E-state index contributed by atoms with van der Waals surface area (Å²) in [6, 6.07) is 14.4. The molecule has 1 aliphatic rings. The topological polar surface area (TPSA) is 9.23 Å². The number of hydrogen-bond acceptors (Lipinski definition) is 2. The van der Waals surface area contributed by atoms with E-state index >= 15 is 22.0 Å². The fourth-order valence-electron chi connectivity index (χ4n) is 6.60. The highest BCUT2D eigenvalue weighted by Gasteiger charge is 2.41. The Morgan fingerprint density at radius 3 is 1.84 bits per heavy atom. The maximum atomic E-state index is 15.3. The molecular weight excluding hydrogens is 661 g/mol. The van der Waals surface area contributed by atoms with Crippen molar-refractivity contribution in [3.05, 3.63) is 107 Å². The van der Waals surface area contributed by atoms with Crippen molar-refractivity contribution in [1.29, 1.82) is 0 Å². The molecule has 4 aromatic carbocycles. The number of halogens is 7. The molecule has 0 spiro atoms. The normalized spacial score (nSPS) is 16.6. The summed E-state index contributed by atoms with van der Waals surface area (Å²) < 4.78 is 109. The fourth-order valence-corrected chi connectivity index (χ4v) is 7.63. The minimum atomic E-state index is -4.63. The molecule has 0 bridgehead atoms. The molecule has 1 saturated carbocycles. The number of benzene rings is 4. The lowest BCUT2D eigenvalue weighted by Gasteiger charge is -2.29. The van der Waals surface area contributed by atoms with Gasteiger partial charge in [0, 0.05) is 17.7 Å². The van der Waals surface area contributed by atoms with E-state index < -0.39 is 46.5 Å². The molecule has 0 saturated heterocycles. The molecule has 4 aromatic rings. The summed E-state index contributed by atoms with van der Waals surface area (Å²) in [5.41, 5.74) is 0.329. The highest BCUT2D eigenvalue weighted by molar-refractivity contribution is 7.99. The summed E-state index contributed by atoms with van der Waals surface area (Å²) in [5, 5.41) is 0. The van der Waals surface area contributed by atoms with Crippen molar-refractivity contribution in [3.8, 4) is 28.0 Å². The second-order valence-electron chi connectivity index (χ2n) is 12.9. The van der Waals surface area contributed by atoms with E-state index in [0.29, 0.717) is 47.9 Å². The molecule has 0 unspecified atom stereocenters. The fraction of sp³-hybridized carbons (Fsp3) is 0.400. The van der Waals surface area contributed by atoms with Crippen LogP contribution in [0.25, 0.3) is 22.3 Å². The molecule has 0 atom stereocenters. The lowest BCUT2D eigenvalue weighted by atomic mass is 9.77. The van der Waals surface area contributed by atoms with E-state index in [1.165, 1.54) is 56.2 Å². The zero-order valence-electron chi connectivity index (χ0n) is 27.7. The van der Waals surface area contributed by atoms with Crippen molar-refractivity contribution in [2.75, 3.05) is 5.75 Å². The standard InChI is InChI=1S/C40H41F7OS/c1-3-5-7-8-25-9-11-26(12-10-25)27-13-15-28(16-14-27)29-17-18-32(33(41)20-29)30-21-34(42)38(35(43)22-30)40(46,47)48-31-23-36(44)39(37(45)24-31)49-19-6-4-2/h13-18,20-26H,3-12,19H2,1-2H3. The van der Waals surface area contributed by atoms with E-state index in [0.717, 1.165) is 42.5 Å². The monoisotopic (exact) mass is 702 g/mol. The number of thioether (sulfide) groups is 1. The molecule has 262 valence electrons. The average Bonchev–Trinajstić information content (AvgIpc) is 3.06. The molecule has 0 aliphatic heterocycles. The molecule has 0 heterocycles. The lowest BCUT2D eigenvalue weighted by Crippen LogP contribution is -2.25. The van der Waals surface area contributed by atoms with Crippen LogP contribution >= 0.6 is 11.8 Å². The molecule has 0 N–H and O–H groups in total. The zero-order valence-corrected chi connectivity index (χ0v) is 28.6. The van der Waals surface area contributed by atoms with E-state index in [9.17, 15) is 8.78 Å². The molecule has 1 nitrogen and oxygen atoms in total. The lowest BCUT2D eigenvalue weighted by molar-refractivity contribution is -0.189. The summed E-state index contributed by atoms with van der Waals surface area (Å²) in [4.78, 5) is -0.360. The van der Waals surface area contributed by atoms with Crippen molar-refractivity contribution in [3.63, 3.8) is 0 Å². The van der Waals surface area contributed by atoms with Gasteiger partial charge in [0.15, 0.2) is 0 Å². The van der Waals surface area contributed by atoms with Crippen molar-refractivity contribution < 1.29 is 35.5 Å². The van der Waals surface area contributed by atoms with Crippen LogP contribution in [-0.2, 0) is 6.11 Å². The molecule has 49 heavy (non-hydrogen) atoms. The Morgan fingerprint density at radius 2 is 1.24 bits per heavy atom. The van der Waals surface area contributed by atoms with Crippen LogP contribution in [0, 0.1) is 35.0 Å². The highest BCUT2D eigenvalue weighted by atomic mass is 32.2. The first-order chi connectivity index (χ1) is 23.5. The Kier molecular flexibility index (Phi) is 12.4. The summed E-state index contributed by atoms with van der Waals surface area (Å²) >= 11 is 0.891. The predicted octanol–water partition coefficient (Wildman–Crippen LogP) is 13.6. The minimum absolute atomic E-state index is 0.190. The van der Waals surface area contributed by atoms with E-state index in [1.54, 1.807) is 6.07 Å². The first-order valence-electron chi connectivity index (χ1n) is 17.1. The Hall–Kier alpha value is -3.46. The van der Waals surface area contributed by atoms with Crippen molar-refractivity contribution in [2.45, 2.75) is 95.0 Å². The molecule has 9 heteroatoms. The summed E-state index contributed by atoms with van der Waals surface area (Å²) in [7, 11) is 0. The molecule has 0 aromatic heterocycles. The van der Waals surface area contributed by atoms with Gasteiger partial charge in [-0.2, -0.15) is 8.78 Å². The molecule has 1 aliphatic carbocycles. The van der Waals surface area contributed by atoms with Gasteiger partial charge in [-0.3, -0.25) is 0 Å². The predicted molar refractivity (Wildman–Crippen MR) is 183 cm³/mol. The number of hydrogen-bond donors (Lipinski definition) is 0. The molecule has 1 fully saturated rings. The van der Waals surface area contributed by atoms with Crippen LogP contribution in [0.3, 0.4) is 0 Å². The maximum absolute atomic E-state index is 15.3. The van der Waals surface area contributed by atoms with Gasteiger partial charge in [0.2, 0.25) is 0 Å². The van der Waals surface area contributed by atoms with Crippen LogP contribution in [0.1, 0.15) is 95.1 Å². The van der Waals surface area contributed by atoms with E-state index in [1.807, 2.05) is 19.1 Å². The van der Waals surface area contributed by atoms with Gasteiger partial charge in [0.25, 0.3) is 0 Å². The number of rotatable bonds is 14. The van der Waals surface area contributed by atoms with Crippen molar-refractivity contribution in [1.82, 2.24) is 0 Å². The minimum Gasteiger partial charge on any atom is -0.429 e. The Morgan fingerprint density at radius 1 is 0.653 bits per heavy atom. The largest absolute Gasteiger partial charge is 0.432 e. The Labute approximate surface area is 288 Å². The van der Waals surface area contributed by atoms with E-state index in [2.05, 4.69) is 23.8 Å². The third kappa shape index (κ3) is 9.02. The third-order valence-corrected chi connectivity index (χ3v) is 10.5. The van der Waals surface area contributed by atoms with E-state index in [-0.39, 0.29) is 16.0 Å². The highest BCUT2D eigenvalue weighted by Crippen LogP contribution is 2.41. The molecule has 0 amide bonds. The SMILES string of the molecule is CCCCCC1CCC(c2ccc(-c3ccc(-c4cc(F)c(C(F)(F)Oc5cc(F)c(SCCCC)c(F)c5)c(F)c4)c(F)c3)cc2)CC1. The van der Waals surface area contributed by atoms with Gasteiger partial charge in [-0.05, 0) is 90.1 Å². The van der Waals surface area contributed by atoms with Crippen LogP contribution in [0.4, 0.5) is 30.7 Å². The molecular formula is C40H41F7OS. The Bertz CT molecular complexity index is 1670. The van der Waals surface area contributed by atoms with Crippen molar-refractivity contribution >= 4 is 11.8 Å². The smallest absolute Gasteiger partial charge is 0.429 e. The van der Waals surface area contributed by atoms with Gasteiger partial charge in [0.1, 0.15) is 40.4 Å². The van der Waals surface area contributed by atoms with Crippen LogP contribution < -0.4 is 4.74 Å². The quantitative estimate of drug-likeness (QED) is 0.0735. The van der Waals surface area contributed by atoms with Gasteiger partial charge < -0.3 is 4.74 Å². The average molecular weight is 703 g/mol. The molecule has 0 radical (unpaired) electrons. The molecule has 5 rings (SSSR count). The second-order valence-corrected chi connectivity index (χ2v) is 14.0. The first kappa shape index (κ1) is 36.8. The summed E-state index contributed by atoms with van der Waals surface area (Å²) in [6.45, 7) is 4.13. The van der Waals surface area contributed by atoms with Gasteiger partial charge in [-0.25, -0.2) is 22.0 Å². The van der Waals surface area contributed by atoms with Crippen LogP contribution in [-0.4, -0.2) is 5.75 Å². The van der Waals surface area contributed by atoms with Crippen LogP contribution in [0.2, 0.25) is 0 Å². The number of ether oxygens (including phenoxy) is 1. The Balaban J connectivity index is 1.28. The van der Waals surface area contributed by atoms with Gasteiger partial charge >= 0.3 is 6.11 Å². The number of unbranched alkanes of at least 4 members (excludes halogenated alkanes) is 3. The van der Waals surface area contributed by atoms with Gasteiger partial charge in [-0.15, -0.1) is 11.8 Å². The van der Waals surface area contributed by atoms with Crippen LogP contribution in [0.15, 0.2) is 71.6 Å². The second kappa shape index (κ2) is 16.5. The zero-order chi connectivity index (χ0) is 35.1. The van der Waals surface area contributed by atoms with Crippen LogP contribution in [0.5, 0.6) is 5.75 Å².